The van der Waals surface area contributed by atoms with Gasteiger partial charge in [-0.15, -0.1) is 0 Å². The molecule has 6 heteroatoms. The number of benzene rings is 3. The fourth-order valence-corrected chi connectivity index (χ4v) is 2.43. The highest BCUT2D eigenvalue weighted by Crippen LogP contribution is 2.25. The number of hydrogen-bond donors (Lipinski definition) is 1. The van der Waals surface area contributed by atoms with Crippen molar-refractivity contribution in [3.8, 4) is 11.5 Å². The molecule has 142 valence electrons. The number of amides is 1. The Balaban J connectivity index is 1.53. The summed E-state index contributed by atoms with van der Waals surface area (Å²) >= 11 is 0. The van der Waals surface area contributed by atoms with Gasteiger partial charge in [-0.25, -0.2) is 4.39 Å². The monoisotopic (exact) mass is 379 g/mol. The van der Waals surface area contributed by atoms with Crippen molar-refractivity contribution in [2.24, 2.45) is 0 Å². The van der Waals surface area contributed by atoms with Gasteiger partial charge in [-0.1, -0.05) is 42.5 Å². The van der Waals surface area contributed by atoms with Crippen LogP contribution in [0.15, 0.2) is 78.9 Å². The minimum absolute atomic E-state index is 0.00231. The van der Waals surface area contributed by atoms with Crippen molar-refractivity contribution in [3.63, 3.8) is 0 Å². The van der Waals surface area contributed by atoms with Gasteiger partial charge in [0.2, 0.25) is 0 Å². The molecule has 0 atom stereocenters. The minimum atomic E-state index is -0.612. The van der Waals surface area contributed by atoms with E-state index in [2.05, 4.69) is 5.32 Å². The van der Waals surface area contributed by atoms with E-state index in [9.17, 15) is 14.0 Å². The zero-order chi connectivity index (χ0) is 19.8. The zero-order valence-corrected chi connectivity index (χ0v) is 14.9. The van der Waals surface area contributed by atoms with E-state index in [1.807, 2.05) is 42.5 Å². The van der Waals surface area contributed by atoms with E-state index in [4.69, 9.17) is 9.47 Å². The van der Waals surface area contributed by atoms with Crippen molar-refractivity contribution in [2.75, 3.05) is 6.54 Å². The van der Waals surface area contributed by atoms with Crippen LogP contribution in [0.3, 0.4) is 0 Å². The van der Waals surface area contributed by atoms with Crippen LogP contribution >= 0.6 is 0 Å². The molecule has 1 N–H and O–H groups in total. The quantitative estimate of drug-likeness (QED) is 0.628. The van der Waals surface area contributed by atoms with Crippen LogP contribution in [-0.2, 0) is 16.1 Å². The molecule has 0 spiro atoms. The molecular formula is C22H18FNO4. The molecule has 3 aromatic carbocycles. The number of carbonyl (C=O) groups is 2. The molecule has 0 radical (unpaired) electrons. The lowest BCUT2D eigenvalue weighted by molar-refractivity contribution is -0.143. The molecule has 3 rings (SSSR count). The number of rotatable bonds is 7. The Morgan fingerprint density at radius 3 is 2.43 bits per heavy atom. The molecule has 0 aliphatic rings. The number of ether oxygens (including phenoxy) is 2. The van der Waals surface area contributed by atoms with Gasteiger partial charge in [0.1, 0.15) is 30.5 Å². The number of nitrogens with one attached hydrogen (secondary N) is 1. The molecular weight excluding hydrogens is 361 g/mol. The minimum Gasteiger partial charge on any atom is -0.459 e. The summed E-state index contributed by atoms with van der Waals surface area (Å²) in [5.74, 6) is -0.442. The molecule has 0 fully saturated rings. The van der Waals surface area contributed by atoms with Gasteiger partial charge in [0.05, 0.1) is 0 Å². The molecule has 28 heavy (non-hydrogen) atoms. The molecule has 0 saturated carbocycles. The fourth-order valence-electron chi connectivity index (χ4n) is 2.43. The maximum Gasteiger partial charge on any atom is 0.325 e. The van der Waals surface area contributed by atoms with Gasteiger partial charge in [-0.3, -0.25) is 9.59 Å². The van der Waals surface area contributed by atoms with Crippen molar-refractivity contribution < 1.29 is 23.5 Å². The summed E-state index contributed by atoms with van der Waals surface area (Å²) in [6.45, 7) is -0.325. The first-order chi connectivity index (χ1) is 13.6. The highest BCUT2D eigenvalue weighted by molar-refractivity contribution is 5.95. The number of esters is 1. The van der Waals surface area contributed by atoms with E-state index in [1.54, 1.807) is 12.1 Å². The maximum absolute atomic E-state index is 13.1. The Morgan fingerprint density at radius 2 is 1.64 bits per heavy atom. The average molecular weight is 379 g/mol. The summed E-state index contributed by atoms with van der Waals surface area (Å²) in [6, 6.07) is 21.7. The first-order valence-electron chi connectivity index (χ1n) is 8.62. The van der Waals surface area contributed by atoms with Gasteiger partial charge in [-0.05, 0) is 36.4 Å². The largest absolute Gasteiger partial charge is 0.459 e. The van der Waals surface area contributed by atoms with Gasteiger partial charge in [0.25, 0.3) is 5.91 Å². The maximum atomic E-state index is 13.1. The summed E-state index contributed by atoms with van der Waals surface area (Å²) in [7, 11) is 0. The second-order valence-corrected chi connectivity index (χ2v) is 5.88. The fraction of sp³-hybridized carbons (Fsp3) is 0.0909. The second kappa shape index (κ2) is 9.32. The zero-order valence-electron chi connectivity index (χ0n) is 14.9. The van der Waals surface area contributed by atoms with Crippen LogP contribution in [0.2, 0.25) is 0 Å². The van der Waals surface area contributed by atoms with Gasteiger partial charge in [-0.2, -0.15) is 0 Å². The van der Waals surface area contributed by atoms with Crippen LogP contribution in [0.25, 0.3) is 0 Å². The molecule has 0 bridgehead atoms. The van der Waals surface area contributed by atoms with Crippen molar-refractivity contribution in [1.82, 2.24) is 5.32 Å². The van der Waals surface area contributed by atoms with E-state index in [-0.39, 0.29) is 18.7 Å². The number of carbonyl (C=O) groups excluding carboxylic acids is 2. The van der Waals surface area contributed by atoms with E-state index in [0.29, 0.717) is 17.1 Å². The lowest BCUT2D eigenvalue weighted by Crippen LogP contribution is -2.30. The molecule has 3 aromatic rings. The molecule has 0 heterocycles. The number of halogens is 1. The predicted molar refractivity (Wildman–Crippen MR) is 101 cm³/mol. The van der Waals surface area contributed by atoms with E-state index >= 15 is 0 Å². The van der Waals surface area contributed by atoms with E-state index in [1.165, 1.54) is 18.2 Å². The summed E-state index contributed by atoms with van der Waals surface area (Å²) in [5.41, 5.74) is 0.825. The first kappa shape index (κ1) is 19.1. The van der Waals surface area contributed by atoms with Crippen LogP contribution in [-0.4, -0.2) is 18.4 Å². The Labute approximate surface area is 161 Å². The van der Waals surface area contributed by atoms with Crippen LogP contribution in [0.5, 0.6) is 11.5 Å². The molecule has 0 unspecified atom stereocenters. The Morgan fingerprint density at radius 1 is 0.893 bits per heavy atom. The van der Waals surface area contributed by atoms with Crippen molar-refractivity contribution >= 4 is 11.9 Å². The summed E-state index contributed by atoms with van der Waals surface area (Å²) in [6.07, 6.45) is 0. The average Bonchev–Trinajstić information content (AvgIpc) is 2.72. The Bertz CT molecular complexity index is 960. The summed E-state index contributed by atoms with van der Waals surface area (Å²) in [4.78, 5) is 23.9. The summed E-state index contributed by atoms with van der Waals surface area (Å²) < 4.78 is 24.2. The third-order valence-electron chi connectivity index (χ3n) is 3.81. The van der Waals surface area contributed by atoms with Gasteiger partial charge in [0, 0.05) is 11.1 Å². The number of para-hydroxylation sites is 2. The first-order valence-corrected chi connectivity index (χ1v) is 8.62. The van der Waals surface area contributed by atoms with Crippen LogP contribution in [0.1, 0.15) is 15.9 Å². The Hall–Kier alpha value is -3.67. The lowest BCUT2D eigenvalue weighted by atomic mass is 10.2. The van der Waals surface area contributed by atoms with Gasteiger partial charge < -0.3 is 14.8 Å². The molecule has 0 aliphatic carbocycles. The molecule has 1 amide bonds. The standard InChI is InChI=1S/C22H18FNO4/c23-18-9-6-8-16(13-18)22(26)24-14-21(25)27-15-17-7-4-5-12-20(17)28-19-10-2-1-3-11-19/h1-13H,14-15H2,(H,24,26). The van der Waals surface area contributed by atoms with E-state index in [0.717, 1.165) is 6.07 Å². The normalized spacial score (nSPS) is 10.2. The lowest BCUT2D eigenvalue weighted by Gasteiger charge is -2.12. The predicted octanol–water partition coefficient (Wildman–Crippen LogP) is 4.09. The third kappa shape index (κ3) is 5.41. The van der Waals surface area contributed by atoms with Crippen molar-refractivity contribution in [3.05, 3.63) is 95.8 Å². The highest BCUT2D eigenvalue weighted by atomic mass is 19.1. The second-order valence-electron chi connectivity index (χ2n) is 5.88. The van der Waals surface area contributed by atoms with Gasteiger partial charge >= 0.3 is 5.97 Å². The van der Waals surface area contributed by atoms with Crippen molar-refractivity contribution in [1.29, 1.82) is 0 Å². The van der Waals surface area contributed by atoms with E-state index < -0.39 is 17.7 Å². The smallest absolute Gasteiger partial charge is 0.325 e. The molecule has 0 aliphatic heterocycles. The van der Waals surface area contributed by atoms with Crippen LogP contribution < -0.4 is 10.1 Å². The van der Waals surface area contributed by atoms with Crippen molar-refractivity contribution in [2.45, 2.75) is 6.61 Å². The van der Waals surface area contributed by atoms with Gasteiger partial charge in [0.15, 0.2) is 0 Å². The third-order valence-corrected chi connectivity index (χ3v) is 3.81. The topological polar surface area (TPSA) is 64.6 Å². The molecule has 5 nitrogen and oxygen atoms in total. The van der Waals surface area contributed by atoms with Crippen LogP contribution in [0, 0.1) is 5.82 Å². The SMILES string of the molecule is O=C(CNC(=O)c1cccc(F)c1)OCc1ccccc1Oc1ccccc1. The highest BCUT2D eigenvalue weighted by Gasteiger charge is 2.11. The molecule has 0 saturated heterocycles. The number of hydrogen-bond acceptors (Lipinski definition) is 4. The van der Waals surface area contributed by atoms with Crippen LogP contribution in [0.4, 0.5) is 4.39 Å². The molecule has 0 aromatic heterocycles. The Kier molecular flexibility index (Phi) is 6.36. The summed E-state index contributed by atoms with van der Waals surface area (Å²) in [5, 5.41) is 2.41.